The van der Waals surface area contributed by atoms with Crippen LogP contribution in [0.2, 0.25) is 0 Å². The summed E-state index contributed by atoms with van der Waals surface area (Å²) in [7, 11) is 0. The number of amides is 2. The number of hydrogen-bond donors (Lipinski definition) is 2. The maximum absolute atomic E-state index is 12.7. The second-order valence-electron chi connectivity index (χ2n) is 8.67. The van der Waals surface area contributed by atoms with Crippen LogP contribution in [-0.4, -0.2) is 47.7 Å². The van der Waals surface area contributed by atoms with Crippen LogP contribution in [0.25, 0.3) is 0 Å². The Morgan fingerprint density at radius 2 is 1.81 bits per heavy atom. The van der Waals surface area contributed by atoms with Gasteiger partial charge in [0.2, 0.25) is 5.91 Å². The summed E-state index contributed by atoms with van der Waals surface area (Å²) in [5.41, 5.74) is -1.70. The molecule has 1 aliphatic heterocycles. The van der Waals surface area contributed by atoms with Crippen molar-refractivity contribution in [3.63, 3.8) is 0 Å². The lowest BCUT2D eigenvalue weighted by molar-refractivity contribution is -0.126. The summed E-state index contributed by atoms with van der Waals surface area (Å²) in [6.07, 6.45) is 1.69. The number of hydrogen-bond acceptors (Lipinski definition) is 5. The second-order valence-corrected chi connectivity index (χ2v) is 8.67. The molecule has 1 fully saturated rings. The molecule has 1 aliphatic rings. The maximum atomic E-state index is 12.7. The predicted molar refractivity (Wildman–Crippen MR) is 103 cm³/mol. The van der Waals surface area contributed by atoms with E-state index in [0.717, 1.165) is 37.5 Å². The fourth-order valence-corrected chi connectivity index (χ4v) is 3.12. The Morgan fingerprint density at radius 3 is 2.33 bits per heavy atom. The van der Waals surface area contributed by atoms with Crippen molar-refractivity contribution in [2.75, 3.05) is 19.6 Å². The highest BCUT2D eigenvalue weighted by molar-refractivity contribution is 5.89. The molecule has 0 radical (unpaired) electrons. The highest BCUT2D eigenvalue weighted by atomic mass is 16.6. The molecule has 1 aromatic rings. The summed E-state index contributed by atoms with van der Waals surface area (Å²) in [6, 6.07) is 3.89. The van der Waals surface area contributed by atoms with Crippen molar-refractivity contribution in [2.24, 2.45) is 0 Å². The topological polar surface area (TPSA) is 83.8 Å². The minimum absolute atomic E-state index is 0.0116. The lowest BCUT2D eigenvalue weighted by Gasteiger charge is -2.30. The van der Waals surface area contributed by atoms with Crippen molar-refractivity contribution >= 4 is 12.0 Å². The van der Waals surface area contributed by atoms with E-state index in [1.54, 1.807) is 34.6 Å². The molecule has 0 aliphatic carbocycles. The van der Waals surface area contributed by atoms with Crippen LogP contribution < -0.4 is 10.6 Å². The Kier molecular flexibility index (Phi) is 6.57. The molecule has 27 heavy (non-hydrogen) atoms. The summed E-state index contributed by atoms with van der Waals surface area (Å²) in [5.74, 6) is 1.45. The van der Waals surface area contributed by atoms with Crippen molar-refractivity contribution in [1.82, 2.24) is 15.5 Å². The third-order valence-corrected chi connectivity index (χ3v) is 4.51. The SMILES string of the molecule is Cc1ccc(C(CNC(=O)C(C)(C)NC(=O)OC(C)(C)C)N2CCCC2)o1. The number of rotatable bonds is 6. The van der Waals surface area contributed by atoms with Crippen LogP contribution in [0.1, 0.15) is 65.0 Å². The van der Waals surface area contributed by atoms with Crippen molar-refractivity contribution in [3.05, 3.63) is 23.7 Å². The highest BCUT2D eigenvalue weighted by Gasteiger charge is 2.33. The van der Waals surface area contributed by atoms with E-state index >= 15 is 0 Å². The van der Waals surface area contributed by atoms with Gasteiger partial charge in [-0.05, 0) is 79.6 Å². The maximum Gasteiger partial charge on any atom is 0.408 e. The van der Waals surface area contributed by atoms with Gasteiger partial charge >= 0.3 is 6.09 Å². The highest BCUT2D eigenvalue weighted by Crippen LogP contribution is 2.26. The van der Waals surface area contributed by atoms with Crippen LogP contribution in [0.5, 0.6) is 0 Å². The number of nitrogens with one attached hydrogen (secondary N) is 2. The van der Waals surface area contributed by atoms with Gasteiger partial charge in [-0.2, -0.15) is 0 Å². The first-order chi connectivity index (χ1) is 12.5. The number of carbonyl (C=O) groups excluding carboxylic acids is 2. The molecule has 1 unspecified atom stereocenters. The lowest BCUT2D eigenvalue weighted by atomic mass is 10.0. The van der Waals surface area contributed by atoms with Crippen molar-refractivity contribution in [1.29, 1.82) is 0 Å². The Morgan fingerprint density at radius 1 is 1.19 bits per heavy atom. The average Bonchev–Trinajstić information content (AvgIpc) is 3.17. The van der Waals surface area contributed by atoms with Crippen molar-refractivity contribution in [3.8, 4) is 0 Å². The zero-order valence-electron chi connectivity index (χ0n) is 17.3. The summed E-state index contributed by atoms with van der Waals surface area (Å²) >= 11 is 0. The van der Waals surface area contributed by atoms with Gasteiger partial charge in [0.25, 0.3) is 0 Å². The van der Waals surface area contributed by atoms with Gasteiger partial charge in [0.1, 0.15) is 22.7 Å². The van der Waals surface area contributed by atoms with Gasteiger partial charge in [0.15, 0.2) is 0 Å². The van der Waals surface area contributed by atoms with Gasteiger partial charge in [0, 0.05) is 6.54 Å². The molecule has 2 heterocycles. The lowest BCUT2D eigenvalue weighted by Crippen LogP contribution is -2.56. The number of ether oxygens (including phenoxy) is 1. The van der Waals surface area contributed by atoms with Crippen LogP contribution >= 0.6 is 0 Å². The smallest absolute Gasteiger partial charge is 0.408 e. The first kappa shape index (κ1) is 21.3. The van der Waals surface area contributed by atoms with E-state index in [-0.39, 0.29) is 11.9 Å². The van der Waals surface area contributed by atoms with Crippen LogP contribution in [0.4, 0.5) is 4.79 Å². The minimum Gasteiger partial charge on any atom is -0.465 e. The average molecular weight is 380 g/mol. The molecule has 7 heteroatoms. The van der Waals surface area contributed by atoms with Gasteiger partial charge in [-0.15, -0.1) is 0 Å². The quantitative estimate of drug-likeness (QED) is 0.793. The molecule has 0 spiro atoms. The predicted octanol–water partition coefficient (Wildman–Crippen LogP) is 3.14. The van der Waals surface area contributed by atoms with E-state index in [4.69, 9.17) is 9.15 Å². The third kappa shape index (κ3) is 6.27. The largest absolute Gasteiger partial charge is 0.465 e. The van der Waals surface area contributed by atoms with E-state index in [2.05, 4.69) is 15.5 Å². The molecule has 0 saturated carbocycles. The third-order valence-electron chi connectivity index (χ3n) is 4.51. The molecule has 7 nitrogen and oxygen atoms in total. The van der Waals surface area contributed by atoms with Gasteiger partial charge in [0.05, 0.1) is 6.04 Å². The zero-order chi connectivity index (χ0) is 20.2. The Hall–Kier alpha value is -2.02. The molecule has 2 rings (SSSR count). The molecule has 1 saturated heterocycles. The summed E-state index contributed by atoms with van der Waals surface area (Å²) in [6.45, 7) is 13.0. The summed E-state index contributed by atoms with van der Waals surface area (Å²) in [5, 5.41) is 5.60. The van der Waals surface area contributed by atoms with E-state index in [1.807, 2.05) is 19.1 Å². The Bertz CT molecular complexity index is 654. The number of furan rings is 1. The molecule has 2 amide bonds. The molecule has 2 N–H and O–H groups in total. The van der Waals surface area contributed by atoms with Crippen LogP contribution in [0, 0.1) is 6.92 Å². The van der Waals surface area contributed by atoms with Gasteiger partial charge < -0.3 is 19.8 Å². The minimum atomic E-state index is -1.09. The Balaban J connectivity index is 1.98. The van der Waals surface area contributed by atoms with E-state index in [0.29, 0.717) is 6.54 Å². The van der Waals surface area contributed by atoms with E-state index in [9.17, 15) is 9.59 Å². The zero-order valence-corrected chi connectivity index (χ0v) is 17.3. The fraction of sp³-hybridized carbons (Fsp3) is 0.700. The van der Waals surface area contributed by atoms with Gasteiger partial charge in [-0.25, -0.2) is 4.79 Å². The first-order valence-corrected chi connectivity index (χ1v) is 9.58. The molecular weight excluding hydrogens is 346 g/mol. The van der Waals surface area contributed by atoms with E-state index < -0.39 is 17.2 Å². The molecule has 0 bridgehead atoms. The van der Waals surface area contributed by atoms with E-state index in [1.165, 1.54) is 0 Å². The normalized spacial score (nSPS) is 16.8. The monoisotopic (exact) mass is 379 g/mol. The molecule has 1 atom stereocenters. The number of aryl methyl sites for hydroxylation is 1. The van der Waals surface area contributed by atoms with Crippen molar-refractivity contribution < 1.29 is 18.7 Å². The summed E-state index contributed by atoms with van der Waals surface area (Å²) < 4.78 is 11.1. The second kappa shape index (κ2) is 8.33. The van der Waals surface area contributed by atoms with Gasteiger partial charge in [-0.1, -0.05) is 0 Å². The molecule has 0 aromatic carbocycles. The number of likely N-dealkylation sites (tertiary alicyclic amines) is 1. The van der Waals surface area contributed by atoms with Crippen LogP contribution in [0.15, 0.2) is 16.5 Å². The standard InChI is InChI=1S/C20H33N3O4/c1-14-9-10-16(26-14)15(23-11-7-8-12-23)13-21-17(24)20(5,6)22-18(25)27-19(2,3)4/h9-10,15H,7-8,11-13H2,1-6H3,(H,21,24)(H,22,25). The van der Waals surface area contributed by atoms with Gasteiger partial charge in [-0.3, -0.25) is 9.69 Å². The first-order valence-electron chi connectivity index (χ1n) is 9.58. The number of nitrogens with zero attached hydrogens (tertiary/aromatic N) is 1. The summed E-state index contributed by atoms with van der Waals surface area (Å²) in [4.78, 5) is 27.0. The van der Waals surface area contributed by atoms with Crippen LogP contribution in [0.3, 0.4) is 0 Å². The fourth-order valence-electron chi connectivity index (χ4n) is 3.12. The van der Waals surface area contributed by atoms with Crippen molar-refractivity contribution in [2.45, 2.75) is 71.6 Å². The number of alkyl carbamates (subject to hydrolysis) is 1. The Labute approximate surface area is 161 Å². The number of carbonyl (C=O) groups is 2. The molecule has 1 aromatic heterocycles. The van der Waals surface area contributed by atoms with Crippen LogP contribution in [-0.2, 0) is 9.53 Å². The molecular formula is C20H33N3O4. The molecule has 152 valence electrons.